The van der Waals surface area contributed by atoms with Gasteiger partial charge in [0.25, 0.3) is 0 Å². The molecule has 0 aliphatic rings. The Bertz CT molecular complexity index is 535. The number of nitrogens with one attached hydrogen (secondary N) is 1. The monoisotopic (exact) mass is 314 g/mol. The molecule has 6 heteroatoms. The van der Waals surface area contributed by atoms with Crippen LogP contribution in [-0.2, 0) is 4.79 Å². The molecular formula is C11H11BrN2O2S. The summed E-state index contributed by atoms with van der Waals surface area (Å²) in [5.41, 5.74) is 0.924. The fourth-order valence-corrected chi connectivity index (χ4v) is 2.88. The van der Waals surface area contributed by atoms with Crippen molar-refractivity contribution < 1.29 is 9.90 Å². The van der Waals surface area contributed by atoms with Gasteiger partial charge < -0.3 is 10.1 Å². The van der Waals surface area contributed by atoms with Crippen molar-refractivity contribution in [3.05, 3.63) is 27.9 Å². The van der Waals surface area contributed by atoms with E-state index in [0.717, 1.165) is 14.4 Å². The topological polar surface area (TPSA) is 66.0 Å². The predicted molar refractivity (Wildman–Crippen MR) is 70.3 cm³/mol. The molecule has 0 aliphatic heterocycles. The second kappa shape index (κ2) is 5.01. The summed E-state index contributed by atoms with van der Waals surface area (Å²) in [5, 5.41) is 8.73. The molecule has 90 valence electrons. The molecule has 0 aliphatic carbocycles. The van der Waals surface area contributed by atoms with Crippen LogP contribution in [0.3, 0.4) is 0 Å². The SMILES string of the molecule is CC(CC(=O)O)c1ncc(-c2ccc(Br)s2)[nH]1. The Morgan fingerprint density at radius 1 is 1.65 bits per heavy atom. The highest BCUT2D eigenvalue weighted by Gasteiger charge is 2.14. The average molecular weight is 315 g/mol. The van der Waals surface area contributed by atoms with Gasteiger partial charge in [-0.3, -0.25) is 4.79 Å². The van der Waals surface area contributed by atoms with Crippen LogP contribution >= 0.6 is 27.3 Å². The molecule has 0 radical (unpaired) electrons. The standard InChI is InChI=1S/C11H11BrN2O2S/c1-6(4-10(15)16)11-13-5-7(14-11)8-2-3-9(12)17-8/h2-3,5-6H,4H2,1H3,(H,13,14)(H,15,16). The molecule has 0 saturated carbocycles. The van der Waals surface area contributed by atoms with Gasteiger partial charge in [-0.1, -0.05) is 6.92 Å². The number of aliphatic carboxylic acids is 1. The number of carboxylic acids is 1. The van der Waals surface area contributed by atoms with E-state index in [1.165, 1.54) is 0 Å². The van der Waals surface area contributed by atoms with Crippen molar-refractivity contribution in [3.63, 3.8) is 0 Å². The number of halogens is 1. The van der Waals surface area contributed by atoms with Gasteiger partial charge in [0.1, 0.15) is 5.82 Å². The Hall–Kier alpha value is -1.14. The van der Waals surface area contributed by atoms with E-state index in [9.17, 15) is 4.79 Å². The van der Waals surface area contributed by atoms with Gasteiger partial charge in [0, 0.05) is 5.92 Å². The number of aromatic nitrogens is 2. The maximum Gasteiger partial charge on any atom is 0.304 e. The summed E-state index contributed by atoms with van der Waals surface area (Å²) >= 11 is 5.01. The van der Waals surface area contributed by atoms with Crippen molar-refractivity contribution in [2.45, 2.75) is 19.3 Å². The third-order valence-corrected chi connectivity index (χ3v) is 4.04. The minimum Gasteiger partial charge on any atom is -0.481 e. The molecule has 0 amide bonds. The number of H-pyrrole nitrogens is 1. The molecular weight excluding hydrogens is 304 g/mol. The van der Waals surface area contributed by atoms with E-state index in [2.05, 4.69) is 25.9 Å². The van der Waals surface area contributed by atoms with Gasteiger partial charge >= 0.3 is 5.97 Å². The van der Waals surface area contributed by atoms with Gasteiger partial charge in [-0.15, -0.1) is 11.3 Å². The van der Waals surface area contributed by atoms with Crippen LogP contribution in [0.25, 0.3) is 10.6 Å². The highest BCUT2D eigenvalue weighted by atomic mass is 79.9. The number of hydrogen-bond donors (Lipinski definition) is 2. The first-order valence-electron chi connectivity index (χ1n) is 5.08. The molecule has 0 bridgehead atoms. The molecule has 0 aromatic carbocycles. The molecule has 2 rings (SSSR count). The largest absolute Gasteiger partial charge is 0.481 e. The molecule has 4 nitrogen and oxygen atoms in total. The van der Waals surface area contributed by atoms with E-state index in [4.69, 9.17) is 5.11 Å². The second-order valence-corrected chi connectivity index (χ2v) is 6.25. The van der Waals surface area contributed by atoms with E-state index in [0.29, 0.717) is 5.82 Å². The average Bonchev–Trinajstić information content (AvgIpc) is 2.84. The summed E-state index contributed by atoms with van der Waals surface area (Å²) in [6.45, 7) is 1.85. The van der Waals surface area contributed by atoms with Crippen LogP contribution in [0.2, 0.25) is 0 Å². The highest BCUT2D eigenvalue weighted by Crippen LogP contribution is 2.31. The predicted octanol–water partition coefficient (Wildman–Crippen LogP) is 3.48. The van der Waals surface area contributed by atoms with Gasteiger partial charge in [-0.2, -0.15) is 0 Å². The summed E-state index contributed by atoms with van der Waals surface area (Å²) < 4.78 is 1.06. The molecule has 0 spiro atoms. The zero-order chi connectivity index (χ0) is 12.4. The smallest absolute Gasteiger partial charge is 0.304 e. The van der Waals surface area contributed by atoms with Crippen LogP contribution in [-0.4, -0.2) is 21.0 Å². The number of aromatic amines is 1. The number of rotatable bonds is 4. The summed E-state index contributed by atoms with van der Waals surface area (Å²) in [4.78, 5) is 19.1. The number of thiophene rings is 1. The molecule has 0 fully saturated rings. The van der Waals surface area contributed by atoms with Gasteiger partial charge in [0.05, 0.1) is 27.0 Å². The lowest BCUT2D eigenvalue weighted by Crippen LogP contribution is -2.04. The van der Waals surface area contributed by atoms with E-state index in [1.54, 1.807) is 17.5 Å². The van der Waals surface area contributed by atoms with Crippen molar-refractivity contribution >= 4 is 33.2 Å². The van der Waals surface area contributed by atoms with Gasteiger partial charge in [-0.05, 0) is 28.1 Å². The first kappa shape index (κ1) is 12.3. The third kappa shape index (κ3) is 2.95. The van der Waals surface area contributed by atoms with E-state index in [1.807, 2.05) is 19.1 Å². The molecule has 2 heterocycles. The molecule has 1 unspecified atom stereocenters. The maximum atomic E-state index is 10.6. The molecule has 1 atom stereocenters. The lowest BCUT2D eigenvalue weighted by Gasteiger charge is -2.03. The highest BCUT2D eigenvalue weighted by molar-refractivity contribution is 9.11. The third-order valence-electron chi connectivity index (χ3n) is 2.38. The normalized spacial score (nSPS) is 12.6. The van der Waals surface area contributed by atoms with E-state index < -0.39 is 5.97 Å². The van der Waals surface area contributed by atoms with Crippen molar-refractivity contribution in [3.8, 4) is 10.6 Å². The van der Waals surface area contributed by atoms with Crippen LogP contribution in [0.1, 0.15) is 25.1 Å². The zero-order valence-corrected chi connectivity index (χ0v) is 11.5. The number of hydrogen-bond acceptors (Lipinski definition) is 3. The van der Waals surface area contributed by atoms with Crippen molar-refractivity contribution in [1.29, 1.82) is 0 Å². The molecule has 0 saturated heterocycles. The second-order valence-electron chi connectivity index (χ2n) is 3.78. The number of imidazole rings is 1. The molecule has 17 heavy (non-hydrogen) atoms. The lowest BCUT2D eigenvalue weighted by atomic mass is 10.1. The van der Waals surface area contributed by atoms with Gasteiger partial charge in [0.15, 0.2) is 0 Å². The Morgan fingerprint density at radius 2 is 2.41 bits per heavy atom. The fourth-order valence-electron chi connectivity index (χ4n) is 1.53. The Labute approximate surface area is 111 Å². The molecule has 2 N–H and O–H groups in total. The first-order valence-corrected chi connectivity index (χ1v) is 6.69. The van der Waals surface area contributed by atoms with Crippen molar-refractivity contribution in [2.24, 2.45) is 0 Å². The maximum absolute atomic E-state index is 10.6. The Kier molecular flexibility index (Phi) is 3.63. The van der Waals surface area contributed by atoms with Gasteiger partial charge in [-0.25, -0.2) is 4.98 Å². The minimum atomic E-state index is -0.811. The fraction of sp³-hybridized carbons (Fsp3) is 0.273. The minimum absolute atomic E-state index is 0.0844. The van der Waals surface area contributed by atoms with Crippen LogP contribution in [0, 0.1) is 0 Å². The van der Waals surface area contributed by atoms with Crippen molar-refractivity contribution in [2.75, 3.05) is 0 Å². The van der Waals surface area contributed by atoms with E-state index in [-0.39, 0.29) is 12.3 Å². The van der Waals surface area contributed by atoms with Crippen LogP contribution in [0.4, 0.5) is 0 Å². The Balaban J connectivity index is 2.18. The first-order chi connectivity index (χ1) is 8.06. The summed E-state index contributed by atoms with van der Waals surface area (Å²) in [7, 11) is 0. The van der Waals surface area contributed by atoms with Crippen molar-refractivity contribution in [1.82, 2.24) is 9.97 Å². The van der Waals surface area contributed by atoms with Gasteiger partial charge in [0.2, 0.25) is 0 Å². The summed E-state index contributed by atoms with van der Waals surface area (Å²) in [5.74, 6) is -0.203. The van der Waals surface area contributed by atoms with Crippen LogP contribution < -0.4 is 0 Å². The number of carboxylic acid groups (broad SMARTS) is 1. The number of nitrogens with zero attached hydrogens (tertiary/aromatic N) is 1. The molecule has 2 aromatic rings. The summed E-state index contributed by atoms with van der Waals surface area (Å²) in [6.07, 6.45) is 1.83. The quantitative estimate of drug-likeness (QED) is 0.908. The molecule has 2 aromatic heterocycles. The van der Waals surface area contributed by atoms with Crippen LogP contribution in [0.5, 0.6) is 0 Å². The van der Waals surface area contributed by atoms with Crippen LogP contribution in [0.15, 0.2) is 22.1 Å². The Morgan fingerprint density at radius 3 is 3.00 bits per heavy atom. The van der Waals surface area contributed by atoms with E-state index >= 15 is 0 Å². The lowest BCUT2D eigenvalue weighted by molar-refractivity contribution is -0.137. The zero-order valence-electron chi connectivity index (χ0n) is 9.11. The number of carbonyl (C=O) groups is 1. The summed E-state index contributed by atoms with van der Waals surface area (Å²) in [6, 6.07) is 3.97.